The van der Waals surface area contributed by atoms with Crippen molar-refractivity contribution in [1.82, 2.24) is 4.90 Å². The summed E-state index contributed by atoms with van der Waals surface area (Å²) in [5.74, 6) is 1.97. The second-order valence-electron chi connectivity index (χ2n) is 5.45. The molecule has 88 valence electrons. The van der Waals surface area contributed by atoms with Crippen LogP contribution in [0.25, 0.3) is 0 Å². The van der Waals surface area contributed by atoms with Crippen LogP contribution in [0.15, 0.2) is 0 Å². The van der Waals surface area contributed by atoms with Crippen LogP contribution in [0.5, 0.6) is 0 Å². The van der Waals surface area contributed by atoms with E-state index in [-0.39, 0.29) is 0 Å². The third-order valence-electron chi connectivity index (χ3n) is 4.28. The van der Waals surface area contributed by atoms with Gasteiger partial charge in [-0.1, -0.05) is 32.1 Å². The molecule has 0 spiro atoms. The maximum Gasteiger partial charge on any atom is 0.0499 e. The van der Waals surface area contributed by atoms with Crippen molar-refractivity contribution in [2.24, 2.45) is 11.8 Å². The zero-order valence-electron chi connectivity index (χ0n) is 9.99. The molecule has 0 aromatic rings. The van der Waals surface area contributed by atoms with Crippen molar-refractivity contribution in [3.63, 3.8) is 0 Å². The third kappa shape index (κ3) is 3.13. The van der Waals surface area contributed by atoms with Crippen LogP contribution in [-0.2, 0) is 0 Å². The van der Waals surface area contributed by atoms with Crippen LogP contribution in [0.1, 0.15) is 51.9 Å². The number of thiol groups is 1. The van der Waals surface area contributed by atoms with Gasteiger partial charge in [0.2, 0.25) is 0 Å². The van der Waals surface area contributed by atoms with Crippen LogP contribution < -0.4 is 0 Å². The smallest absolute Gasteiger partial charge is 0.0499 e. The average Bonchev–Trinajstić information content (AvgIpc) is 2.61. The number of likely N-dealkylation sites (tertiary alicyclic amines) is 1. The molecule has 3 unspecified atom stereocenters. The van der Waals surface area contributed by atoms with Crippen molar-refractivity contribution in [2.75, 3.05) is 13.1 Å². The maximum atomic E-state index is 4.57. The molecule has 0 aromatic carbocycles. The van der Waals surface area contributed by atoms with Crippen LogP contribution in [0, 0.1) is 11.8 Å². The van der Waals surface area contributed by atoms with Crippen molar-refractivity contribution in [3.8, 4) is 0 Å². The average molecular weight is 227 g/mol. The topological polar surface area (TPSA) is 3.24 Å². The van der Waals surface area contributed by atoms with Gasteiger partial charge in [0, 0.05) is 18.5 Å². The van der Waals surface area contributed by atoms with E-state index in [4.69, 9.17) is 0 Å². The highest BCUT2D eigenvalue weighted by atomic mass is 32.1. The van der Waals surface area contributed by atoms with Crippen molar-refractivity contribution in [3.05, 3.63) is 0 Å². The lowest BCUT2D eigenvalue weighted by Gasteiger charge is -2.19. The predicted octanol–water partition coefficient (Wildman–Crippen LogP) is 3.55. The minimum atomic E-state index is 0.459. The van der Waals surface area contributed by atoms with E-state index in [2.05, 4.69) is 24.5 Å². The van der Waals surface area contributed by atoms with Crippen molar-refractivity contribution in [1.29, 1.82) is 0 Å². The van der Waals surface area contributed by atoms with Crippen molar-refractivity contribution < 1.29 is 0 Å². The second kappa shape index (κ2) is 5.58. The fourth-order valence-electron chi connectivity index (χ4n) is 3.28. The second-order valence-corrected chi connectivity index (χ2v) is 6.20. The molecule has 2 rings (SSSR count). The summed E-state index contributed by atoms with van der Waals surface area (Å²) in [6.45, 7) is 4.85. The molecule has 3 atom stereocenters. The Morgan fingerprint density at radius 1 is 0.933 bits per heavy atom. The molecular formula is C13H25NS. The van der Waals surface area contributed by atoms with Gasteiger partial charge in [-0.05, 0) is 31.6 Å². The van der Waals surface area contributed by atoms with E-state index in [1.165, 1.54) is 58.0 Å². The first kappa shape index (κ1) is 11.8. The first-order valence-corrected chi connectivity index (χ1v) is 7.21. The molecule has 1 saturated heterocycles. The Balaban J connectivity index is 1.91. The zero-order valence-corrected chi connectivity index (χ0v) is 10.9. The molecule has 1 aliphatic heterocycles. The van der Waals surface area contributed by atoms with E-state index in [1.807, 2.05) is 0 Å². The fraction of sp³-hybridized carbons (Fsp3) is 1.00. The van der Waals surface area contributed by atoms with Gasteiger partial charge in [-0.15, -0.1) is 0 Å². The minimum Gasteiger partial charge on any atom is -0.291 e. The van der Waals surface area contributed by atoms with Crippen LogP contribution >= 0.6 is 12.6 Å². The van der Waals surface area contributed by atoms with Crippen molar-refractivity contribution >= 4 is 12.6 Å². The SMILES string of the molecule is CC(S)N1CC2CCCCCCCC2C1. The molecule has 1 nitrogen and oxygen atoms in total. The van der Waals surface area contributed by atoms with Gasteiger partial charge in [-0.25, -0.2) is 0 Å². The van der Waals surface area contributed by atoms with Gasteiger partial charge < -0.3 is 0 Å². The summed E-state index contributed by atoms with van der Waals surface area (Å²) in [6, 6.07) is 0. The Morgan fingerprint density at radius 2 is 1.40 bits per heavy atom. The Kier molecular flexibility index (Phi) is 4.39. The predicted molar refractivity (Wildman–Crippen MR) is 69.3 cm³/mol. The number of hydrogen-bond donors (Lipinski definition) is 1. The summed E-state index contributed by atoms with van der Waals surface area (Å²) in [7, 11) is 0. The standard InChI is InChI=1S/C13H25NS/c1-11(15)14-9-12-7-5-3-2-4-6-8-13(12)10-14/h11-13,15H,2-10H2,1H3. The lowest BCUT2D eigenvalue weighted by Crippen LogP contribution is -2.26. The van der Waals surface area contributed by atoms with Crippen LogP contribution in [-0.4, -0.2) is 23.4 Å². The molecule has 2 aliphatic rings. The lowest BCUT2D eigenvalue weighted by molar-refractivity contribution is 0.310. The van der Waals surface area contributed by atoms with Gasteiger partial charge in [0.15, 0.2) is 0 Å². The van der Waals surface area contributed by atoms with Gasteiger partial charge in [0.1, 0.15) is 0 Å². The highest BCUT2D eigenvalue weighted by molar-refractivity contribution is 7.80. The van der Waals surface area contributed by atoms with Gasteiger partial charge in [0.05, 0.1) is 0 Å². The minimum absolute atomic E-state index is 0.459. The van der Waals surface area contributed by atoms with E-state index in [0.29, 0.717) is 5.37 Å². The van der Waals surface area contributed by atoms with Gasteiger partial charge in [-0.3, -0.25) is 4.90 Å². The van der Waals surface area contributed by atoms with Gasteiger partial charge in [0.25, 0.3) is 0 Å². The molecule has 2 fully saturated rings. The summed E-state index contributed by atoms with van der Waals surface area (Å²) >= 11 is 4.57. The van der Waals surface area contributed by atoms with E-state index in [1.54, 1.807) is 0 Å². The number of fused-ring (bicyclic) bond motifs is 1. The summed E-state index contributed by atoms with van der Waals surface area (Å²) in [5, 5.41) is 0.459. The first-order chi connectivity index (χ1) is 7.27. The summed E-state index contributed by atoms with van der Waals surface area (Å²) in [6.07, 6.45) is 10.3. The van der Waals surface area contributed by atoms with E-state index >= 15 is 0 Å². The molecule has 0 N–H and O–H groups in total. The number of hydrogen-bond acceptors (Lipinski definition) is 2. The molecule has 1 aliphatic carbocycles. The van der Waals surface area contributed by atoms with Gasteiger partial charge in [-0.2, -0.15) is 12.6 Å². The molecule has 0 bridgehead atoms. The molecule has 0 aromatic heterocycles. The summed E-state index contributed by atoms with van der Waals surface area (Å²) < 4.78 is 0. The first-order valence-electron chi connectivity index (χ1n) is 6.69. The molecule has 15 heavy (non-hydrogen) atoms. The Labute approximate surface area is 100 Å². The van der Waals surface area contributed by atoms with Crippen molar-refractivity contribution in [2.45, 2.75) is 57.2 Å². The maximum absolute atomic E-state index is 4.57. The van der Waals surface area contributed by atoms with E-state index in [9.17, 15) is 0 Å². The molecule has 1 saturated carbocycles. The zero-order chi connectivity index (χ0) is 10.7. The summed E-state index contributed by atoms with van der Waals surface area (Å²) in [5.41, 5.74) is 0. The van der Waals surface area contributed by atoms with Gasteiger partial charge >= 0.3 is 0 Å². The Hall–Kier alpha value is 0.310. The largest absolute Gasteiger partial charge is 0.291 e. The molecule has 2 heteroatoms. The molecule has 0 radical (unpaired) electrons. The summed E-state index contributed by atoms with van der Waals surface area (Å²) in [4.78, 5) is 2.57. The van der Waals surface area contributed by atoms with E-state index < -0.39 is 0 Å². The Bertz CT molecular complexity index is 177. The number of nitrogens with zero attached hydrogens (tertiary/aromatic N) is 1. The quantitative estimate of drug-likeness (QED) is 0.670. The van der Waals surface area contributed by atoms with Crippen LogP contribution in [0.2, 0.25) is 0 Å². The molecule has 1 heterocycles. The van der Waals surface area contributed by atoms with Crippen LogP contribution in [0.3, 0.4) is 0 Å². The highest BCUT2D eigenvalue weighted by Crippen LogP contribution is 2.34. The normalized spacial score (nSPS) is 36.4. The number of rotatable bonds is 1. The monoisotopic (exact) mass is 227 g/mol. The Morgan fingerprint density at radius 3 is 1.87 bits per heavy atom. The highest BCUT2D eigenvalue weighted by Gasteiger charge is 2.33. The third-order valence-corrected chi connectivity index (χ3v) is 4.61. The lowest BCUT2D eigenvalue weighted by atomic mass is 9.89. The van der Waals surface area contributed by atoms with Crippen LogP contribution in [0.4, 0.5) is 0 Å². The molecule has 0 amide bonds. The van der Waals surface area contributed by atoms with E-state index in [0.717, 1.165) is 11.8 Å². The fourth-order valence-corrected chi connectivity index (χ4v) is 3.47. The molecular weight excluding hydrogens is 202 g/mol.